The molecule has 5 nitrogen and oxygen atoms in total. The normalized spacial score (nSPS) is 12.9. The van der Waals surface area contributed by atoms with Gasteiger partial charge in [0.15, 0.2) is 0 Å². The van der Waals surface area contributed by atoms with Crippen LogP contribution in [-0.4, -0.2) is 42.4 Å². The highest BCUT2D eigenvalue weighted by atomic mass is 16.2. The maximum Gasteiger partial charge on any atom is 0.251 e. The fourth-order valence-corrected chi connectivity index (χ4v) is 2.00. The van der Waals surface area contributed by atoms with Gasteiger partial charge in [0, 0.05) is 24.7 Å². The lowest BCUT2D eigenvalue weighted by atomic mass is 10.1. The van der Waals surface area contributed by atoms with E-state index in [4.69, 9.17) is 0 Å². The number of benzene rings is 1. The van der Waals surface area contributed by atoms with Gasteiger partial charge in [-0.2, -0.15) is 0 Å². The molecular weight excluding hydrogens is 278 g/mol. The molecule has 0 radical (unpaired) electrons. The highest BCUT2D eigenvalue weighted by molar-refractivity contribution is 5.93. The lowest BCUT2D eigenvalue weighted by Gasteiger charge is -2.28. The zero-order valence-electron chi connectivity index (χ0n) is 14.4. The minimum absolute atomic E-state index is 0.0111. The summed E-state index contributed by atoms with van der Waals surface area (Å²) >= 11 is 0. The molecule has 22 heavy (non-hydrogen) atoms. The van der Waals surface area contributed by atoms with Crippen molar-refractivity contribution >= 4 is 11.8 Å². The molecule has 0 heterocycles. The average molecular weight is 305 g/mol. The van der Waals surface area contributed by atoms with E-state index in [-0.39, 0.29) is 23.4 Å². The van der Waals surface area contributed by atoms with Crippen LogP contribution >= 0.6 is 0 Å². The van der Waals surface area contributed by atoms with Crippen molar-refractivity contribution in [2.24, 2.45) is 0 Å². The fourth-order valence-electron chi connectivity index (χ4n) is 2.00. The minimum Gasteiger partial charge on any atom is -0.355 e. The van der Waals surface area contributed by atoms with Crippen LogP contribution in [0.1, 0.15) is 43.6 Å². The topological polar surface area (TPSA) is 61.4 Å². The second kappa shape index (κ2) is 7.40. The van der Waals surface area contributed by atoms with Crippen LogP contribution in [0.5, 0.6) is 0 Å². The van der Waals surface area contributed by atoms with Crippen LogP contribution in [0.2, 0.25) is 0 Å². The number of rotatable bonds is 5. The van der Waals surface area contributed by atoms with Crippen LogP contribution in [0.4, 0.5) is 0 Å². The third-order valence-corrected chi connectivity index (χ3v) is 3.41. The number of carbonyl (C=O) groups is 2. The molecule has 1 aromatic rings. The molecule has 1 unspecified atom stereocenters. The summed E-state index contributed by atoms with van der Waals surface area (Å²) in [6.45, 7) is 8.44. The summed E-state index contributed by atoms with van der Waals surface area (Å²) in [7, 11) is 3.53. The van der Waals surface area contributed by atoms with E-state index < -0.39 is 0 Å². The number of carbonyl (C=O) groups excluding carboxylic acids is 2. The number of likely N-dealkylation sites (N-methyl/N-ethyl adjacent to an activating group) is 1. The van der Waals surface area contributed by atoms with Gasteiger partial charge in [-0.05, 0) is 52.4 Å². The van der Waals surface area contributed by atoms with Gasteiger partial charge in [-0.3, -0.25) is 14.5 Å². The molecule has 1 aromatic carbocycles. The molecule has 2 amide bonds. The first-order chi connectivity index (χ1) is 10.1. The summed E-state index contributed by atoms with van der Waals surface area (Å²) in [6.07, 6.45) is 0. The molecule has 1 rings (SSSR count). The van der Waals surface area contributed by atoms with E-state index >= 15 is 0 Å². The number of nitrogens with one attached hydrogen (secondary N) is 2. The van der Waals surface area contributed by atoms with E-state index in [1.165, 1.54) is 0 Å². The van der Waals surface area contributed by atoms with Crippen molar-refractivity contribution in [1.29, 1.82) is 0 Å². The highest BCUT2D eigenvalue weighted by Gasteiger charge is 2.22. The molecule has 2 N–H and O–H groups in total. The molecular formula is C17H27N3O2. The Morgan fingerprint density at radius 1 is 1.18 bits per heavy atom. The van der Waals surface area contributed by atoms with Crippen molar-refractivity contribution in [3.05, 3.63) is 35.4 Å². The quantitative estimate of drug-likeness (QED) is 0.872. The van der Waals surface area contributed by atoms with E-state index in [1.807, 2.05) is 51.8 Å². The van der Waals surface area contributed by atoms with E-state index in [2.05, 4.69) is 10.6 Å². The lowest BCUT2D eigenvalue weighted by Crippen LogP contribution is -2.49. The van der Waals surface area contributed by atoms with Crippen molar-refractivity contribution in [3.63, 3.8) is 0 Å². The monoisotopic (exact) mass is 305 g/mol. The molecule has 0 saturated heterocycles. The first-order valence-electron chi connectivity index (χ1n) is 7.47. The minimum atomic E-state index is -0.235. The molecule has 1 atom stereocenters. The third kappa shape index (κ3) is 5.48. The van der Waals surface area contributed by atoms with Gasteiger partial charge in [-0.25, -0.2) is 0 Å². The summed E-state index contributed by atoms with van der Waals surface area (Å²) in [5, 5.41) is 5.58. The summed E-state index contributed by atoms with van der Waals surface area (Å²) in [5.41, 5.74) is 1.46. The van der Waals surface area contributed by atoms with Crippen molar-refractivity contribution in [3.8, 4) is 0 Å². The summed E-state index contributed by atoms with van der Waals surface area (Å²) in [4.78, 5) is 25.7. The predicted octanol–water partition coefficient (Wildman–Crippen LogP) is 1.78. The Hall–Kier alpha value is -1.88. The van der Waals surface area contributed by atoms with Crippen LogP contribution in [0.15, 0.2) is 24.3 Å². The zero-order valence-corrected chi connectivity index (χ0v) is 14.4. The first kappa shape index (κ1) is 18.2. The fraction of sp³-hybridized carbons (Fsp3) is 0.529. The molecule has 0 aliphatic heterocycles. The lowest BCUT2D eigenvalue weighted by molar-refractivity contribution is -0.127. The Morgan fingerprint density at radius 2 is 1.73 bits per heavy atom. The standard InChI is InChI=1S/C17H27N3O2/c1-12(15(21)19-17(2,3)4)20(6)11-13-7-9-14(10-8-13)16(22)18-5/h7-10,12H,11H2,1-6H3,(H,18,22)(H,19,21). The number of amides is 2. The molecule has 5 heteroatoms. The van der Waals surface area contributed by atoms with E-state index in [0.29, 0.717) is 12.1 Å². The third-order valence-electron chi connectivity index (χ3n) is 3.41. The van der Waals surface area contributed by atoms with Gasteiger partial charge >= 0.3 is 0 Å². The first-order valence-corrected chi connectivity index (χ1v) is 7.47. The van der Waals surface area contributed by atoms with Crippen molar-refractivity contribution in [2.45, 2.75) is 45.8 Å². The van der Waals surface area contributed by atoms with Gasteiger partial charge in [0.1, 0.15) is 0 Å². The van der Waals surface area contributed by atoms with E-state index in [9.17, 15) is 9.59 Å². The van der Waals surface area contributed by atoms with Crippen LogP contribution in [0.25, 0.3) is 0 Å². The Kier molecular flexibility index (Phi) is 6.11. The molecule has 0 fully saturated rings. The Bertz CT molecular complexity index is 518. The molecule has 122 valence electrons. The SMILES string of the molecule is CNC(=O)c1ccc(CN(C)C(C)C(=O)NC(C)(C)C)cc1. The van der Waals surface area contributed by atoms with Gasteiger partial charge in [0.05, 0.1) is 6.04 Å². The van der Waals surface area contributed by atoms with E-state index in [1.54, 1.807) is 19.2 Å². The second-order valence-corrected chi connectivity index (χ2v) is 6.61. The maximum atomic E-state index is 12.2. The molecule has 0 aromatic heterocycles. The van der Waals surface area contributed by atoms with Gasteiger partial charge in [-0.15, -0.1) is 0 Å². The average Bonchev–Trinajstić information content (AvgIpc) is 2.44. The molecule has 0 saturated carbocycles. The molecule has 0 bridgehead atoms. The van der Waals surface area contributed by atoms with Gasteiger partial charge in [0.2, 0.25) is 5.91 Å². The molecule has 0 aliphatic rings. The van der Waals surface area contributed by atoms with Crippen LogP contribution in [0.3, 0.4) is 0 Å². The maximum absolute atomic E-state index is 12.2. The van der Waals surface area contributed by atoms with E-state index in [0.717, 1.165) is 5.56 Å². The number of nitrogens with zero attached hydrogens (tertiary/aromatic N) is 1. The predicted molar refractivity (Wildman–Crippen MR) is 88.7 cm³/mol. The largest absolute Gasteiger partial charge is 0.355 e. The summed E-state index contributed by atoms with van der Waals surface area (Å²) < 4.78 is 0. The van der Waals surface area contributed by atoms with Crippen molar-refractivity contribution in [2.75, 3.05) is 14.1 Å². The molecule has 0 aliphatic carbocycles. The van der Waals surface area contributed by atoms with Gasteiger partial charge in [-0.1, -0.05) is 12.1 Å². The Morgan fingerprint density at radius 3 is 2.18 bits per heavy atom. The Labute approximate surface area is 133 Å². The van der Waals surface area contributed by atoms with Crippen molar-refractivity contribution in [1.82, 2.24) is 15.5 Å². The van der Waals surface area contributed by atoms with Gasteiger partial charge in [0.25, 0.3) is 5.91 Å². The number of hydrogen-bond donors (Lipinski definition) is 2. The second-order valence-electron chi connectivity index (χ2n) is 6.61. The van der Waals surface area contributed by atoms with Crippen LogP contribution in [0, 0.1) is 0 Å². The Balaban J connectivity index is 2.66. The van der Waals surface area contributed by atoms with Crippen LogP contribution < -0.4 is 10.6 Å². The summed E-state index contributed by atoms with van der Waals surface area (Å²) in [6, 6.07) is 7.19. The highest BCUT2D eigenvalue weighted by Crippen LogP contribution is 2.10. The van der Waals surface area contributed by atoms with Gasteiger partial charge < -0.3 is 10.6 Å². The molecule has 0 spiro atoms. The smallest absolute Gasteiger partial charge is 0.251 e. The number of hydrogen-bond acceptors (Lipinski definition) is 3. The zero-order chi connectivity index (χ0) is 16.9. The summed E-state index contributed by atoms with van der Waals surface area (Å²) in [5.74, 6) is -0.0881. The van der Waals surface area contributed by atoms with Crippen LogP contribution in [-0.2, 0) is 11.3 Å². The van der Waals surface area contributed by atoms with Crippen molar-refractivity contribution < 1.29 is 9.59 Å².